The van der Waals surface area contributed by atoms with Crippen LogP contribution in [0.25, 0.3) is 0 Å². The molecule has 1 aromatic carbocycles. The Labute approximate surface area is 155 Å². The van der Waals surface area contributed by atoms with Crippen molar-refractivity contribution < 1.29 is 14.3 Å². The summed E-state index contributed by atoms with van der Waals surface area (Å²) in [6.45, 7) is 0. The third-order valence-electron chi connectivity index (χ3n) is 6.45. The van der Waals surface area contributed by atoms with Crippen molar-refractivity contribution in [3.63, 3.8) is 0 Å². The van der Waals surface area contributed by atoms with Gasteiger partial charge in [0, 0.05) is 24.0 Å². The summed E-state index contributed by atoms with van der Waals surface area (Å²) in [6.07, 6.45) is 4.30. The molecule has 0 aromatic heterocycles. The molecule has 0 radical (unpaired) electrons. The number of carbonyl (C=O) groups excluding carboxylic acids is 2. The molecule has 6 nitrogen and oxygen atoms in total. The molecule has 4 rings (SSSR count). The number of nitrogens with zero attached hydrogens (tertiary/aromatic N) is 2. The highest BCUT2D eigenvalue weighted by Gasteiger charge is 2.71. The molecule has 1 aromatic rings. The SMILES string of the molecule is COC1CCC2(CC1)Cc1ccc(Br)cc1C21C(=O)N(C)C(=O)N1N. The van der Waals surface area contributed by atoms with E-state index in [4.69, 9.17) is 10.6 Å². The number of imide groups is 1. The number of rotatable bonds is 1. The number of ether oxygens (including phenoxy) is 1. The van der Waals surface area contributed by atoms with Crippen LogP contribution >= 0.6 is 15.9 Å². The van der Waals surface area contributed by atoms with Crippen LogP contribution in [0.2, 0.25) is 0 Å². The number of likely N-dealkylation sites (N-methyl/N-ethyl adjacent to an activating group) is 1. The third-order valence-corrected chi connectivity index (χ3v) is 6.94. The molecular formula is C18H22BrN3O3. The molecule has 2 fully saturated rings. The molecule has 134 valence electrons. The second-order valence-electron chi connectivity index (χ2n) is 7.42. The lowest BCUT2D eigenvalue weighted by molar-refractivity contribution is -0.143. The van der Waals surface area contributed by atoms with Crippen molar-refractivity contribution in [3.05, 3.63) is 33.8 Å². The highest BCUT2D eigenvalue weighted by molar-refractivity contribution is 9.10. The van der Waals surface area contributed by atoms with E-state index in [2.05, 4.69) is 15.9 Å². The van der Waals surface area contributed by atoms with E-state index in [-0.39, 0.29) is 17.4 Å². The monoisotopic (exact) mass is 407 g/mol. The summed E-state index contributed by atoms with van der Waals surface area (Å²) in [5, 5.41) is 1.20. The Morgan fingerprint density at radius 3 is 2.52 bits per heavy atom. The van der Waals surface area contributed by atoms with Crippen LogP contribution in [-0.4, -0.2) is 42.1 Å². The molecule has 1 atom stereocenters. The number of urea groups is 1. The fourth-order valence-electron chi connectivity index (χ4n) is 5.20. The molecule has 1 aliphatic heterocycles. The topological polar surface area (TPSA) is 75.9 Å². The third kappa shape index (κ3) is 1.97. The van der Waals surface area contributed by atoms with Gasteiger partial charge in [0.05, 0.1) is 6.10 Å². The molecule has 3 amide bonds. The first-order valence-electron chi connectivity index (χ1n) is 8.56. The van der Waals surface area contributed by atoms with Crippen molar-refractivity contribution in [1.82, 2.24) is 9.91 Å². The van der Waals surface area contributed by atoms with Crippen LogP contribution < -0.4 is 5.84 Å². The number of amides is 3. The Balaban J connectivity index is 1.92. The van der Waals surface area contributed by atoms with Gasteiger partial charge in [-0.2, -0.15) is 0 Å². The zero-order chi connectivity index (χ0) is 18.0. The number of methoxy groups -OCH3 is 1. The van der Waals surface area contributed by atoms with Gasteiger partial charge in [-0.1, -0.05) is 22.0 Å². The van der Waals surface area contributed by atoms with Crippen LogP contribution in [-0.2, 0) is 21.5 Å². The Hall–Kier alpha value is -1.44. The quantitative estimate of drug-likeness (QED) is 0.440. The minimum Gasteiger partial charge on any atom is -0.381 e. The molecule has 1 heterocycles. The van der Waals surface area contributed by atoms with E-state index in [0.29, 0.717) is 0 Å². The molecule has 7 heteroatoms. The first kappa shape index (κ1) is 17.0. The molecule has 2 aliphatic carbocycles. The molecule has 2 spiro atoms. The maximum atomic E-state index is 13.4. The van der Waals surface area contributed by atoms with Gasteiger partial charge in [0.15, 0.2) is 5.54 Å². The molecular weight excluding hydrogens is 386 g/mol. The average Bonchev–Trinajstić information content (AvgIpc) is 2.98. The van der Waals surface area contributed by atoms with Crippen molar-refractivity contribution in [3.8, 4) is 0 Å². The van der Waals surface area contributed by atoms with Crippen LogP contribution in [0.3, 0.4) is 0 Å². The lowest BCUT2D eigenvalue weighted by Crippen LogP contribution is -2.60. The Bertz CT molecular complexity index is 760. The predicted molar refractivity (Wildman–Crippen MR) is 95.4 cm³/mol. The highest BCUT2D eigenvalue weighted by Crippen LogP contribution is 2.62. The lowest BCUT2D eigenvalue weighted by atomic mass is 9.61. The number of hydrogen-bond donors (Lipinski definition) is 1. The molecule has 1 saturated heterocycles. The van der Waals surface area contributed by atoms with Crippen molar-refractivity contribution in [2.24, 2.45) is 11.3 Å². The van der Waals surface area contributed by atoms with Crippen LogP contribution in [0, 0.1) is 5.41 Å². The van der Waals surface area contributed by atoms with Crippen molar-refractivity contribution >= 4 is 27.9 Å². The summed E-state index contributed by atoms with van der Waals surface area (Å²) in [5.74, 6) is 6.10. The van der Waals surface area contributed by atoms with Crippen molar-refractivity contribution in [1.29, 1.82) is 0 Å². The number of nitrogens with two attached hydrogens (primary N) is 1. The van der Waals surface area contributed by atoms with Gasteiger partial charge >= 0.3 is 6.03 Å². The van der Waals surface area contributed by atoms with Gasteiger partial charge in [-0.3, -0.25) is 9.69 Å². The van der Waals surface area contributed by atoms with Gasteiger partial charge < -0.3 is 4.74 Å². The summed E-state index contributed by atoms with van der Waals surface area (Å²) in [4.78, 5) is 27.1. The zero-order valence-electron chi connectivity index (χ0n) is 14.4. The van der Waals surface area contributed by atoms with Crippen molar-refractivity contribution in [2.75, 3.05) is 14.2 Å². The van der Waals surface area contributed by atoms with E-state index in [9.17, 15) is 9.59 Å². The second-order valence-corrected chi connectivity index (χ2v) is 8.34. The molecule has 2 N–H and O–H groups in total. The maximum Gasteiger partial charge on any atom is 0.342 e. The average molecular weight is 408 g/mol. The summed E-state index contributed by atoms with van der Waals surface area (Å²) in [6, 6.07) is 5.54. The first-order valence-corrected chi connectivity index (χ1v) is 9.35. The molecule has 25 heavy (non-hydrogen) atoms. The van der Waals surface area contributed by atoms with Gasteiger partial charge in [0.1, 0.15) is 0 Å². The van der Waals surface area contributed by atoms with Gasteiger partial charge in [0.25, 0.3) is 5.91 Å². The highest BCUT2D eigenvalue weighted by atomic mass is 79.9. The Kier molecular flexibility index (Phi) is 3.76. The number of hydrogen-bond acceptors (Lipinski definition) is 4. The largest absolute Gasteiger partial charge is 0.381 e. The standard InChI is InChI=1S/C18H22BrN3O3/c1-21-15(23)18(22(20)16(21)24)14-9-12(19)4-3-11(14)10-17(18)7-5-13(25-2)6-8-17/h3-4,9,13H,5-8,10,20H2,1-2H3. The van der Waals surface area contributed by atoms with E-state index < -0.39 is 11.6 Å². The minimum atomic E-state index is -1.11. The molecule has 1 unspecified atom stereocenters. The van der Waals surface area contributed by atoms with E-state index in [0.717, 1.165) is 47.7 Å². The maximum absolute atomic E-state index is 13.4. The Morgan fingerprint density at radius 2 is 1.96 bits per heavy atom. The van der Waals surface area contributed by atoms with E-state index in [1.165, 1.54) is 17.0 Å². The second kappa shape index (κ2) is 5.53. The van der Waals surface area contributed by atoms with Crippen LogP contribution in [0.5, 0.6) is 0 Å². The fourth-order valence-corrected chi connectivity index (χ4v) is 5.56. The molecule has 1 saturated carbocycles. The normalized spacial score (nSPS) is 34.5. The van der Waals surface area contributed by atoms with Crippen LogP contribution in [0.4, 0.5) is 4.79 Å². The number of fused-ring (bicyclic) bond motifs is 3. The van der Waals surface area contributed by atoms with Gasteiger partial charge in [-0.25, -0.2) is 15.6 Å². The number of benzene rings is 1. The predicted octanol–water partition coefficient (Wildman–Crippen LogP) is 2.54. The summed E-state index contributed by atoms with van der Waals surface area (Å²) in [7, 11) is 3.25. The van der Waals surface area contributed by atoms with E-state index in [1.54, 1.807) is 7.11 Å². The Morgan fingerprint density at radius 1 is 1.28 bits per heavy atom. The summed E-state index contributed by atoms with van der Waals surface area (Å²) >= 11 is 3.51. The van der Waals surface area contributed by atoms with Gasteiger partial charge in [0.2, 0.25) is 0 Å². The zero-order valence-corrected chi connectivity index (χ0v) is 16.0. The van der Waals surface area contributed by atoms with E-state index >= 15 is 0 Å². The smallest absolute Gasteiger partial charge is 0.342 e. The number of carbonyl (C=O) groups is 2. The summed E-state index contributed by atoms with van der Waals surface area (Å²) in [5.41, 5.74) is 0.475. The van der Waals surface area contributed by atoms with E-state index in [1.807, 2.05) is 18.2 Å². The van der Waals surface area contributed by atoms with Crippen LogP contribution in [0.1, 0.15) is 36.8 Å². The summed E-state index contributed by atoms with van der Waals surface area (Å²) < 4.78 is 6.41. The molecule has 3 aliphatic rings. The van der Waals surface area contributed by atoms with Crippen LogP contribution in [0.15, 0.2) is 22.7 Å². The minimum absolute atomic E-state index is 0.203. The lowest BCUT2D eigenvalue weighted by Gasteiger charge is -2.48. The molecule has 0 bridgehead atoms. The first-order chi connectivity index (χ1) is 11.9. The number of halogens is 1. The number of hydrazine groups is 1. The van der Waals surface area contributed by atoms with Gasteiger partial charge in [-0.05, 0) is 55.4 Å². The van der Waals surface area contributed by atoms with Gasteiger partial charge in [-0.15, -0.1) is 0 Å². The van der Waals surface area contributed by atoms with Crippen molar-refractivity contribution in [2.45, 2.75) is 43.7 Å². The fraction of sp³-hybridized carbons (Fsp3) is 0.556.